The molecule has 0 saturated carbocycles. The van der Waals surface area contributed by atoms with E-state index in [1.54, 1.807) is 0 Å². The SMILES string of the molecule is c1ccc(-n2c3ccccc3c3c(-c4cccc(N(c5ccc(-c6ccc7ccccc7c6)cc5)c5cc6ccc7cccc8c9cccc%10ccc%11cccc(c(c5)c6c78)c%11c%109)c4)cccc32)cc1. The van der Waals surface area contributed by atoms with Crippen LogP contribution in [0, 0.1) is 0 Å². The van der Waals surface area contributed by atoms with Crippen molar-refractivity contribution in [2.24, 2.45) is 0 Å². The highest BCUT2D eigenvalue weighted by Crippen LogP contribution is 2.47. The number of aromatic nitrogens is 1. The van der Waals surface area contributed by atoms with Crippen molar-refractivity contribution < 1.29 is 0 Å². The standard InChI is InChI=1S/C68H42N2/c1-2-19-52(20-3-1)70-62-27-7-6-22-60(62)68-56(23-12-28-63(68)70)50-18-8-21-54(40-50)69(53-37-35-44(36-38-53)49-33-29-43-13-4-5-14-48(43)39-49)55-41-51-34-32-47-16-10-25-58-57-24-9-15-45-30-31-46-17-11-26-59(66(46)64(45)57)61(42-55)67(51)65(47)58/h1-42H. The fraction of sp³-hybridized carbons (Fsp3) is 0. The number of benzene rings is 13. The van der Waals surface area contributed by atoms with Crippen molar-refractivity contribution in [2.45, 2.75) is 0 Å². The van der Waals surface area contributed by atoms with Gasteiger partial charge in [0.05, 0.1) is 11.0 Å². The van der Waals surface area contributed by atoms with E-state index in [4.69, 9.17) is 0 Å². The van der Waals surface area contributed by atoms with Gasteiger partial charge in [-0.15, -0.1) is 0 Å². The average Bonchev–Trinajstić information content (AvgIpc) is 3.77. The maximum Gasteiger partial charge on any atom is 0.0547 e. The Morgan fingerprint density at radius 1 is 0.243 bits per heavy atom. The van der Waals surface area contributed by atoms with Crippen LogP contribution in [0.3, 0.4) is 0 Å². The molecule has 0 N–H and O–H groups in total. The van der Waals surface area contributed by atoms with Crippen LogP contribution < -0.4 is 4.90 Å². The first-order valence-corrected chi connectivity index (χ1v) is 24.2. The molecule has 0 bridgehead atoms. The highest BCUT2D eigenvalue weighted by Gasteiger charge is 2.22. The van der Waals surface area contributed by atoms with Gasteiger partial charge < -0.3 is 9.47 Å². The summed E-state index contributed by atoms with van der Waals surface area (Å²) in [5, 5.41) is 20.2. The van der Waals surface area contributed by atoms with Crippen molar-refractivity contribution in [3.05, 3.63) is 255 Å². The third-order valence-electron chi connectivity index (χ3n) is 15.0. The van der Waals surface area contributed by atoms with Gasteiger partial charge in [0, 0.05) is 33.5 Å². The maximum absolute atomic E-state index is 2.47. The summed E-state index contributed by atoms with van der Waals surface area (Å²) in [4.78, 5) is 2.47. The highest BCUT2D eigenvalue weighted by atomic mass is 15.1. The highest BCUT2D eigenvalue weighted by molar-refractivity contribution is 6.37. The molecule has 324 valence electrons. The lowest BCUT2D eigenvalue weighted by Gasteiger charge is -2.27. The average molecular weight is 887 g/mol. The molecule has 70 heavy (non-hydrogen) atoms. The molecule has 2 nitrogen and oxygen atoms in total. The fourth-order valence-corrected chi connectivity index (χ4v) is 11.9. The summed E-state index contributed by atoms with van der Waals surface area (Å²) in [5.74, 6) is 0. The molecular formula is C68H42N2. The van der Waals surface area contributed by atoms with Crippen molar-refractivity contribution in [1.29, 1.82) is 0 Å². The summed E-state index contributed by atoms with van der Waals surface area (Å²) in [6.07, 6.45) is 0. The van der Waals surface area contributed by atoms with Crippen molar-refractivity contribution in [1.82, 2.24) is 4.57 Å². The van der Waals surface area contributed by atoms with Gasteiger partial charge >= 0.3 is 0 Å². The van der Waals surface area contributed by atoms with Crippen molar-refractivity contribution >= 4 is 114 Å². The van der Waals surface area contributed by atoms with E-state index < -0.39 is 0 Å². The summed E-state index contributed by atoms with van der Waals surface area (Å²) in [6, 6.07) is 94.7. The molecule has 0 fully saturated rings. The molecule has 0 spiro atoms. The summed E-state index contributed by atoms with van der Waals surface area (Å²) in [7, 11) is 0. The summed E-state index contributed by atoms with van der Waals surface area (Å²) >= 11 is 0. The van der Waals surface area contributed by atoms with Crippen LogP contribution in [0.25, 0.3) is 125 Å². The Bertz CT molecular complexity index is 4580. The molecule has 0 aliphatic rings. The van der Waals surface area contributed by atoms with E-state index in [2.05, 4.69) is 264 Å². The zero-order valence-electron chi connectivity index (χ0n) is 38.1. The summed E-state index contributed by atoms with van der Waals surface area (Å²) in [6.45, 7) is 0. The smallest absolute Gasteiger partial charge is 0.0547 e. The number of para-hydroxylation sites is 2. The first-order chi connectivity index (χ1) is 34.7. The summed E-state index contributed by atoms with van der Waals surface area (Å²) in [5.41, 5.74) is 11.6. The molecule has 0 unspecified atom stereocenters. The van der Waals surface area contributed by atoms with E-state index in [9.17, 15) is 0 Å². The molecule has 1 aromatic heterocycles. The van der Waals surface area contributed by atoms with Crippen molar-refractivity contribution in [2.75, 3.05) is 4.90 Å². The van der Waals surface area contributed by atoms with Crippen LogP contribution in [0.15, 0.2) is 255 Å². The van der Waals surface area contributed by atoms with E-state index in [0.29, 0.717) is 0 Å². The molecule has 1 heterocycles. The van der Waals surface area contributed by atoms with Crippen LogP contribution in [0.4, 0.5) is 17.1 Å². The zero-order chi connectivity index (χ0) is 45.9. The number of hydrogen-bond acceptors (Lipinski definition) is 1. The molecule has 2 heteroatoms. The van der Waals surface area contributed by atoms with E-state index in [-0.39, 0.29) is 0 Å². The Hall–Kier alpha value is -9.24. The minimum absolute atomic E-state index is 1.09. The lowest BCUT2D eigenvalue weighted by molar-refractivity contribution is 1.18. The number of hydrogen-bond donors (Lipinski definition) is 0. The van der Waals surface area contributed by atoms with Gasteiger partial charge in [0.2, 0.25) is 0 Å². The third kappa shape index (κ3) is 5.81. The van der Waals surface area contributed by atoms with Crippen LogP contribution >= 0.6 is 0 Å². The Morgan fingerprint density at radius 2 is 0.786 bits per heavy atom. The van der Waals surface area contributed by atoms with E-state index in [1.807, 2.05) is 0 Å². The van der Waals surface area contributed by atoms with Gasteiger partial charge in [-0.05, 0) is 164 Å². The molecule has 0 radical (unpaired) electrons. The lowest BCUT2D eigenvalue weighted by Crippen LogP contribution is -2.10. The van der Waals surface area contributed by atoms with Gasteiger partial charge in [0.15, 0.2) is 0 Å². The molecule has 0 aliphatic carbocycles. The molecule has 0 aliphatic heterocycles. The zero-order valence-corrected chi connectivity index (χ0v) is 38.1. The third-order valence-corrected chi connectivity index (χ3v) is 15.0. The monoisotopic (exact) mass is 886 g/mol. The van der Waals surface area contributed by atoms with Gasteiger partial charge in [-0.25, -0.2) is 0 Å². The minimum atomic E-state index is 1.09. The quantitative estimate of drug-likeness (QED) is 0.151. The predicted molar refractivity (Wildman–Crippen MR) is 300 cm³/mol. The van der Waals surface area contributed by atoms with Gasteiger partial charge in [0.1, 0.15) is 0 Å². The van der Waals surface area contributed by atoms with Crippen molar-refractivity contribution in [3.8, 4) is 27.9 Å². The number of anilines is 3. The normalized spacial score (nSPS) is 12.0. The molecule has 15 rings (SSSR count). The van der Waals surface area contributed by atoms with Gasteiger partial charge in [-0.1, -0.05) is 188 Å². The predicted octanol–water partition coefficient (Wildman–Crippen LogP) is 19.1. The summed E-state index contributed by atoms with van der Waals surface area (Å²) < 4.78 is 2.40. The molecule has 15 aromatic rings. The first-order valence-electron chi connectivity index (χ1n) is 24.2. The van der Waals surface area contributed by atoms with Gasteiger partial charge in [-0.2, -0.15) is 0 Å². The van der Waals surface area contributed by atoms with E-state index in [0.717, 1.165) is 28.3 Å². The molecule has 0 saturated heterocycles. The van der Waals surface area contributed by atoms with Crippen LogP contribution in [0.1, 0.15) is 0 Å². The van der Waals surface area contributed by atoms with E-state index in [1.165, 1.54) is 114 Å². The van der Waals surface area contributed by atoms with Crippen LogP contribution in [0.2, 0.25) is 0 Å². The van der Waals surface area contributed by atoms with Crippen LogP contribution in [-0.2, 0) is 0 Å². The second-order valence-corrected chi connectivity index (χ2v) is 18.8. The Labute approximate surface area is 404 Å². The van der Waals surface area contributed by atoms with Crippen molar-refractivity contribution in [3.63, 3.8) is 0 Å². The number of nitrogens with zero attached hydrogens (tertiary/aromatic N) is 2. The molecule has 0 amide bonds. The fourth-order valence-electron chi connectivity index (χ4n) is 11.9. The number of fused-ring (bicyclic) bond motifs is 6. The maximum atomic E-state index is 2.47. The van der Waals surface area contributed by atoms with Crippen LogP contribution in [-0.4, -0.2) is 4.57 Å². The minimum Gasteiger partial charge on any atom is -0.310 e. The molecular weight excluding hydrogens is 845 g/mol. The Balaban J connectivity index is 1.00. The Morgan fingerprint density at radius 3 is 1.53 bits per heavy atom. The topological polar surface area (TPSA) is 8.17 Å². The molecule has 0 atom stereocenters. The first kappa shape index (κ1) is 38.8. The number of rotatable bonds is 6. The lowest BCUT2D eigenvalue weighted by atomic mass is 9.87. The Kier molecular flexibility index (Phi) is 8.39. The second-order valence-electron chi connectivity index (χ2n) is 18.8. The largest absolute Gasteiger partial charge is 0.310 e. The van der Waals surface area contributed by atoms with Crippen LogP contribution in [0.5, 0.6) is 0 Å². The second kappa shape index (κ2) is 15.1. The van der Waals surface area contributed by atoms with E-state index >= 15 is 0 Å². The van der Waals surface area contributed by atoms with Gasteiger partial charge in [0.25, 0.3) is 0 Å². The van der Waals surface area contributed by atoms with Gasteiger partial charge in [-0.3, -0.25) is 0 Å². The molecule has 14 aromatic carbocycles.